The first-order valence-electron chi connectivity index (χ1n) is 3.81. The molecule has 0 aliphatic rings. The van der Waals surface area contributed by atoms with Gasteiger partial charge < -0.3 is 10.4 Å². The average molecular weight is 258 g/mol. The molecule has 0 saturated heterocycles. The molecule has 0 aromatic heterocycles. The van der Waals surface area contributed by atoms with Crippen LogP contribution in [-0.2, 0) is 4.79 Å². The Morgan fingerprint density at radius 3 is 2.57 bits per heavy atom. The molecule has 0 saturated carbocycles. The van der Waals surface area contributed by atoms with Crippen LogP contribution in [0.5, 0.6) is 0 Å². The minimum atomic E-state index is -1.04. The van der Waals surface area contributed by atoms with Gasteiger partial charge in [-0.05, 0) is 28.1 Å². The molecule has 0 aliphatic heterocycles. The van der Waals surface area contributed by atoms with E-state index >= 15 is 0 Å². The lowest BCUT2D eigenvalue weighted by molar-refractivity contribution is -0.114. The van der Waals surface area contributed by atoms with Crippen molar-refractivity contribution in [1.82, 2.24) is 0 Å². The molecule has 0 fully saturated rings. The average Bonchev–Trinajstić information content (AvgIpc) is 2.07. The number of aromatic carboxylic acids is 1. The van der Waals surface area contributed by atoms with E-state index in [-0.39, 0.29) is 11.5 Å². The van der Waals surface area contributed by atoms with Gasteiger partial charge in [-0.3, -0.25) is 4.79 Å². The number of halogens is 1. The van der Waals surface area contributed by atoms with Crippen molar-refractivity contribution in [1.29, 1.82) is 0 Å². The zero-order valence-corrected chi connectivity index (χ0v) is 8.96. The summed E-state index contributed by atoms with van der Waals surface area (Å²) in [6, 6.07) is 4.65. The molecule has 1 aromatic carbocycles. The summed E-state index contributed by atoms with van der Waals surface area (Å²) in [6.07, 6.45) is 0. The molecular weight excluding hydrogens is 250 g/mol. The third kappa shape index (κ3) is 2.32. The maximum atomic E-state index is 10.8. The van der Waals surface area contributed by atoms with Crippen molar-refractivity contribution in [2.24, 2.45) is 0 Å². The molecule has 0 radical (unpaired) electrons. The summed E-state index contributed by atoms with van der Waals surface area (Å²) in [5.74, 6) is -1.28. The number of nitrogens with one attached hydrogen (secondary N) is 1. The van der Waals surface area contributed by atoms with Crippen molar-refractivity contribution in [3.8, 4) is 0 Å². The highest BCUT2D eigenvalue weighted by Gasteiger charge is 2.11. The molecule has 74 valence electrons. The third-order valence-electron chi connectivity index (χ3n) is 1.54. The van der Waals surface area contributed by atoms with Gasteiger partial charge in [0.15, 0.2) is 0 Å². The van der Waals surface area contributed by atoms with E-state index in [4.69, 9.17) is 5.11 Å². The maximum Gasteiger partial charge on any atom is 0.336 e. The van der Waals surface area contributed by atoms with E-state index < -0.39 is 5.97 Å². The van der Waals surface area contributed by atoms with Crippen molar-refractivity contribution < 1.29 is 14.7 Å². The number of carboxylic acids is 1. The molecule has 0 atom stereocenters. The largest absolute Gasteiger partial charge is 0.478 e. The second kappa shape index (κ2) is 4.23. The lowest BCUT2D eigenvalue weighted by Crippen LogP contribution is -2.08. The summed E-state index contributed by atoms with van der Waals surface area (Å²) in [7, 11) is 0. The van der Waals surface area contributed by atoms with Gasteiger partial charge in [-0.2, -0.15) is 0 Å². The fourth-order valence-electron chi connectivity index (χ4n) is 0.983. The number of carbonyl (C=O) groups is 2. The van der Waals surface area contributed by atoms with Crippen LogP contribution in [0.1, 0.15) is 17.3 Å². The fourth-order valence-corrected chi connectivity index (χ4v) is 1.52. The maximum absolute atomic E-state index is 10.8. The smallest absolute Gasteiger partial charge is 0.336 e. The van der Waals surface area contributed by atoms with Gasteiger partial charge in [-0.15, -0.1) is 0 Å². The lowest BCUT2D eigenvalue weighted by atomic mass is 10.2. The van der Waals surface area contributed by atoms with Gasteiger partial charge in [0.2, 0.25) is 5.91 Å². The number of hydrogen-bond acceptors (Lipinski definition) is 2. The van der Waals surface area contributed by atoms with Crippen LogP contribution < -0.4 is 5.32 Å². The predicted octanol–water partition coefficient (Wildman–Crippen LogP) is 2.11. The Hall–Kier alpha value is -1.36. The van der Waals surface area contributed by atoms with Crippen molar-refractivity contribution in [3.05, 3.63) is 28.2 Å². The number of rotatable bonds is 2. The Morgan fingerprint density at radius 1 is 1.43 bits per heavy atom. The summed E-state index contributed by atoms with van der Waals surface area (Å²) in [5, 5.41) is 11.3. The summed E-state index contributed by atoms with van der Waals surface area (Å²) in [4.78, 5) is 21.5. The van der Waals surface area contributed by atoms with E-state index in [1.165, 1.54) is 13.0 Å². The van der Waals surface area contributed by atoms with Crippen LogP contribution in [0.15, 0.2) is 22.7 Å². The zero-order chi connectivity index (χ0) is 10.7. The van der Waals surface area contributed by atoms with Crippen LogP contribution in [-0.4, -0.2) is 17.0 Å². The summed E-state index contributed by atoms with van der Waals surface area (Å²) in [5.41, 5.74) is 0.577. The predicted molar refractivity (Wildman–Crippen MR) is 55.4 cm³/mol. The number of carbonyl (C=O) groups excluding carboxylic acids is 1. The van der Waals surface area contributed by atoms with Crippen molar-refractivity contribution >= 4 is 33.5 Å². The second-order valence-corrected chi connectivity index (χ2v) is 3.45. The van der Waals surface area contributed by atoms with E-state index in [9.17, 15) is 9.59 Å². The van der Waals surface area contributed by atoms with Crippen LogP contribution in [0.4, 0.5) is 5.69 Å². The Balaban J connectivity index is 3.13. The van der Waals surface area contributed by atoms with Crippen LogP contribution >= 0.6 is 15.9 Å². The molecule has 1 rings (SSSR count). The molecule has 0 spiro atoms. The third-order valence-corrected chi connectivity index (χ3v) is 2.39. The Labute approximate surface area is 89.1 Å². The van der Waals surface area contributed by atoms with Crippen LogP contribution in [0.3, 0.4) is 0 Å². The number of carboxylic acid groups (broad SMARTS) is 1. The standard InChI is InChI=1S/C9H8BrNO3/c1-5(12)11-7-4-2-3-6(8(7)10)9(13)14/h2-4H,1H3,(H,11,12)(H,13,14). The van der Waals surface area contributed by atoms with E-state index in [1.54, 1.807) is 12.1 Å². The first-order chi connectivity index (χ1) is 6.52. The quantitative estimate of drug-likeness (QED) is 0.853. The summed E-state index contributed by atoms with van der Waals surface area (Å²) in [6.45, 7) is 1.36. The van der Waals surface area contributed by atoms with E-state index in [0.29, 0.717) is 10.2 Å². The summed E-state index contributed by atoms with van der Waals surface area (Å²) >= 11 is 3.11. The highest BCUT2D eigenvalue weighted by Crippen LogP contribution is 2.26. The molecule has 2 N–H and O–H groups in total. The first-order valence-corrected chi connectivity index (χ1v) is 4.61. The molecular formula is C9H8BrNO3. The summed E-state index contributed by atoms with van der Waals surface area (Å²) < 4.78 is 0.378. The van der Waals surface area contributed by atoms with Crippen LogP contribution in [0, 0.1) is 0 Å². The topological polar surface area (TPSA) is 66.4 Å². The van der Waals surface area contributed by atoms with Crippen molar-refractivity contribution in [2.45, 2.75) is 6.92 Å². The van der Waals surface area contributed by atoms with E-state index in [2.05, 4.69) is 21.2 Å². The van der Waals surface area contributed by atoms with Gasteiger partial charge in [0.05, 0.1) is 15.7 Å². The Kier molecular flexibility index (Phi) is 3.24. The molecule has 1 aromatic rings. The molecule has 0 bridgehead atoms. The number of benzene rings is 1. The Bertz CT molecular complexity index is 390. The van der Waals surface area contributed by atoms with E-state index in [1.807, 2.05) is 0 Å². The van der Waals surface area contributed by atoms with Gasteiger partial charge in [-0.25, -0.2) is 4.79 Å². The SMILES string of the molecule is CC(=O)Nc1cccc(C(=O)O)c1Br. The molecule has 14 heavy (non-hydrogen) atoms. The number of amides is 1. The molecule has 0 heterocycles. The molecule has 1 amide bonds. The van der Waals surface area contributed by atoms with Crippen molar-refractivity contribution in [2.75, 3.05) is 5.32 Å². The highest BCUT2D eigenvalue weighted by atomic mass is 79.9. The Morgan fingerprint density at radius 2 is 2.07 bits per heavy atom. The van der Waals surface area contributed by atoms with Crippen LogP contribution in [0.2, 0.25) is 0 Å². The van der Waals surface area contributed by atoms with Gasteiger partial charge in [0.1, 0.15) is 0 Å². The number of anilines is 1. The minimum Gasteiger partial charge on any atom is -0.478 e. The van der Waals surface area contributed by atoms with Crippen molar-refractivity contribution in [3.63, 3.8) is 0 Å². The van der Waals surface area contributed by atoms with Gasteiger partial charge >= 0.3 is 5.97 Å². The zero-order valence-electron chi connectivity index (χ0n) is 7.37. The molecule has 0 aliphatic carbocycles. The molecule has 0 unspecified atom stereocenters. The van der Waals surface area contributed by atoms with Crippen LogP contribution in [0.25, 0.3) is 0 Å². The highest BCUT2D eigenvalue weighted by molar-refractivity contribution is 9.10. The first kappa shape index (κ1) is 10.7. The van der Waals surface area contributed by atoms with E-state index in [0.717, 1.165) is 0 Å². The lowest BCUT2D eigenvalue weighted by Gasteiger charge is -2.06. The second-order valence-electron chi connectivity index (χ2n) is 2.65. The molecule has 4 nitrogen and oxygen atoms in total. The fraction of sp³-hybridized carbons (Fsp3) is 0.111. The van der Waals surface area contributed by atoms with Gasteiger partial charge in [0, 0.05) is 6.92 Å². The number of hydrogen-bond donors (Lipinski definition) is 2. The minimum absolute atomic E-state index is 0.122. The van der Waals surface area contributed by atoms with Gasteiger partial charge in [-0.1, -0.05) is 6.07 Å². The van der Waals surface area contributed by atoms with Gasteiger partial charge in [0.25, 0.3) is 0 Å². The monoisotopic (exact) mass is 257 g/mol. The normalized spacial score (nSPS) is 9.57. The molecule has 5 heteroatoms.